The van der Waals surface area contributed by atoms with Crippen LogP contribution in [0, 0.1) is 0 Å². The van der Waals surface area contributed by atoms with Crippen molar-refractivity contribution in [3.63, 3.8) is 0 Å². The van der Waals surface area contributed by atoms with Gasteiger partial charge in [0.15, 0.2) is 9.84 Å². The fraction of sp³-hybridized carbons (Fsp3) is 0.600. The fourth-order valence-corrected chi connectivity index (χ4v) is 5.59. The van der Waals surface area contributed by atoms with Crippen LogP contribution in [0.15, 0.2) is 30.0 Å². The molecular formula is C20H29N3O3S. The van der Waals surface area contributed by atoms with Gasteiger partial charge in [-0.25, -0.2) is 13.4 Å². The van der Waals surface area contributed by atoms with E-state index in [9.17, 15) is 13.2 Å². The summed E-state index contributed by atoms with van der Waals surface area (Å²) in [5, 5.41) is 3.31. The Balaban J connectivity index is 1.55. The summed E-state index contributed by atoms with van der Waals surface area (Å²) in [6.07, 6.45) is 10.5. The second-order valence-corrected chi connectivity index (χ2v) is 9.59. The van der Waals surface area contributed by atoms with Crippen molar-refractivity contribution in [3.05, 3.63) is 35.5 Å². The first-order valence-corrected chi connectivity index (χ1v) is 11.7. The summed E-state index contributed by atoms with van der Waals surface area (Å²) in [5.74, 6) is 0.842. The Labute approximate surface area is 162 Å². The fourth-order valence-electron chi connectivity index (χ4n) is 3.86. The van der Waals surface area contributed by atoms with Crippen LogP contribution in [0.1, 0.15) is 55.8 Å². The highest BCUT2D eigenvalue weighted by Gasteiger charge is 2.34. The Morgan fingerprint density at radius 2 is 2.19 bits per heavy atom. The monoisotopic (exact) mass is 391 g/mol. The molecule has 3 rings (SSSR count). The molecule has 148 valence electrons. The largest absolute Gasteiger partial charge is 0.370 e. The van der Waals surface area contributed by atoms with Gasteiger partial charge in [0.05, 0.1) is 17.1 Å². The molecule has 1 aromatic rings. The topological polar surface area (TPSA) is 79.4 Å². The van der Waals surface area contributed by atoms with E-state index in [0.29, 0.717) is 18.5 Å². The number of rotatable bonds is 7. The Morgan fingerprint density at radius 3 is 2.78 bits per heavy atom. The molecule has 2 heterocycles. The van der Waals surface area contributed by atoms with E-state index >= 15 is 0 Å². The molecule has 1 aliphatic carbocycles. The predicted octanol–water partition coefficient (Wildman–Crippen LogP) is 3.03. The van der Waals surface area contributed by atoms with Gasteiger partial charge in [-0.2, -0.15) is 0 Å². The van der Waals surface area contributed by atoms with Crippen molar-refractivity contribution in [3.8, 4) is 0 Å². The highest BCUT2D eigenvalue weighted by Crippen LogP contribution is 2.21. The quantitative estimate of drug-likeness (QED) is 0.723. The number of nitrogens with zero attached hydrogens (tertiary/aromatic N) is 2. The molecule has 2 aliphatic rings. The summed E-state index contributed by atoms with van der Waals surface area (Å²) < 4.78 is 23.4. The van der Waals surface area contributed by atoms with Crippen LogP contribution < -0.4 is 5.32 Å². The first-order chi connectivity index (χ1) is 13.0. The van der Waals surface area contributed by atoms with Crippen LogP contribution in [-0.2, 0) is 9.84 Å². The highest BCUT2D eigenvalue weighted by atomic mass is 32.2. The smallest absolute Gasteiger partial charge is 0.255 e. The van der Waals surface area contributed by atoms with Gasteiger partial charge >= 0.3 is 0 Å². The highest BCUT2D eigenvalue weighted by molar-refractivity contribution is 7.91. The van der Waals surface area contributed by atoms with Gasteiger partial charge in [-0.1, -0.05) is 11.6 Å². The van der Waals surface area contributed by atoms with E-state index in [1.165, 1.54) is 31.3 Å². The number of amides is 1. The van der Waals surface area contributed by atoms with Crippen LogP contribution in [0.3, 0.4) is 0 Å². The molecule has 0 spiro atoms. The molecule has 0 radical (unpaired) electrons. The zero-order valence-electron chi connectivity index (χ0n) is 16.0. The zero-order valence-corrected chi connectivity index (χ0v) is 16.8. The van der Waals surface area contributed by atoms with E-state index in [2.05, 4.69) is 16.4 Å². The molecule has 1 saturated heterocycles. The average Bonchev–Trinajstić information content (AvgIpc) is 3.03. The zero-order chi connectivity index (χ0) is 19.3. The molecule has 7 heteroatoms. The van der Waals surface area contributed by atoms with Gasteiger partial charge < -0.3 is 10.2 Å². The van der Waals surface area contributed by atoms with E-state index in [1.807, 2.05) is 13.0 Å². The van der Waals surface area contributed by atoms with Gasteiger partial charge in [-0.05, 0) is 57.6 Å². The lowest BCUT2D eigenvalue weighted by atomic mass is 9.97. The minimum Gasteiger partial charge on any atom is -0.370 e. The molecule has 1 aliphatic heterocycles. The van der Waals surface area contributed by atoms with E-state index in [0.717, 1.165) is 18.8 Å². The summed E-state index contributed by atoms with van der Waals surface area (Å²) in [7, 11) is -3.02. The first kappa shape index (κ1) is 19.9. The van der Waals surface area contributed by atoms with Gasteiger partial charge in [0.2, 0.25) is 0 Å². The summed E-state index contributed by atoms with van der Waals surface area (Å²) >= 11 is 0. The van der Waals surface area contributed by atoms with Crippen LogP contribution >= 0.6 is 0 Å². The lowest BCUT2D eigenvalue weighted by molar-refractivity contribution is 0.0708. The van der Waals surface area contributed by atoms with Crippen molar-refractivity contribution < 1.29 is 13.2 Å². The Bertz CT molecular complexity index is 787. The average molecular weight is 392 g/mol. The van der Waals surface area contributed by atoms with Gasteiger partial charge in [-0.15, -0.1) is 0 Å². The molecule has 0 aromatic carbocycles. The van der Waals surface area contributed by atoms with E-state index in [4.69, 9.17) is 0 Å². The maximum absolute atomic E-state index is 12.8. The minimum absolute atomic E-state index is 0.0650. The van der Waals surface area contributed by atoms with Gasteiger partial charge in [-0.3, -0.25) is 4.79 Å². The maximum atomic E-state index is 12.8. The molecule has 1 aromatic heterocycles. The molecule has 1 unspecified atom stereocenters. The number of carbonyl (C=O) groups excluding carboxylic acids is 1. The molecule has 1 N–H and O–H groups in total. The van der Waals surface area contributed by atoms with Crippen molar-refractivity contribution in [2.45, 2.75) is 51.5 Å². The maximum Gasteiger partial charge on any atom is 0.255 e. The van der Waals surface area contributed by atoms with Crippen molar-refractivity contribution in [2.24, 2.45) is 0 Å². The summed E-state index contributed by atoms with van der Waals surface area (Å²) in [5.41, 5.74) is 2.02. The van der Waals surface area contributed by atoms with Crippen LogP contribution in [0.2, 0.25) is 0 Å². The molecule has 1 atom stereocenters. The number of nitrogens with one attached hydrogen (secondary N) is 1. The van der Waals surface area contributed by atoms with E-state index < -0.39 is 9.84 Å². The lowest BCUT2D eigenvalue weighted by Gasteiger charge is -2.26. The van der Waals surface area contributed by atoms with Crippen molar-refractivity contribution in [2.75, 3.05) is 29.9 Å². The third-order valence-corrected chi connectivity index (χ3v) is 7.15. The van der Waals surface area contributed by atoms with Crippen LogP contribution in [-0.4, -0.2) is 54.8 Å². The first-order valence-electron chi connectivity index (χ1n) is 9.88. The molecule has 0 saturated carbocycles. The third kappa shape index (κ3) is 5.31. The molecule has 6 nitrogen and oxygen atoms in total. The van der Waals surface area contributed by atoms with Crippen molar-refractivity contribution >= 4 is 21.6 Å². The molecular weight excluding hydrogens is 362 g/mol. The van der Waals surface area contributed by atoms with Crippen molar-refractivity contribution in [1.82, 2.24) is 9.88 Å². The van der Waals surface area contributed by atoms with Crippen LogP contribution in [0.25, 0.3) is 0 Å². The summed E-state index contributed by atoms with van der Waals surface area (Å²) in [6, 6.07) is 3.36. The number of allylic oxidation sites excluding steroid dienone is 1. The molecule has 1 amide bonds. The van der Waals surface area contributed by atoms with Crippen LogP contribution in [0.5, 0.6) is 0 Å². The number of anilines is 1. The predicted molar refractivity (Wildman–Crippen MR) is 108 cm³/mol. The standard InChI is InChI=1S/C20H29N3O3S/c1-2-23(18-11-13-27(25,26)15-18)20(24)17-8-9-19(22-14-17)21-12-10-16-6-4-3-5-7-16/h6,8-9,14,18H,2-5,7,10-13,15H2,1H3,(H,21,22). The van der Waals surface area contributed by atoms with Crippen LogP contribution in [0.4, 0.5) is 5.82 Å². The molecule has 27 heavy (non-hydrogen) atoms. The van der Waals surface area contributed by atoms with Crippen molar-refractivity contribution in [1.29, 1.82) is 0 Å². The number of pyridine rings is 1. The van der Waals surface area contributed by atoms with Gasteiger partial charge in [0, 0.05) is 25.3 Å². The summed E-state index contributed by atoms with van der Waals surface area (Å²) in [4.78, 5) is 18.8. The SMILES string of the molecule is CCN(C(=O)c1ccc(NCCC2=CCCCC2)nc1)C1CCS(=O)(=O)C1. The second kappa shape index (κ2) is 8.87. The van der Waals surface area contributed by atoms with Gasteiger partial charge in [0.25, 0.3) is 5.91 Å². The molecule has 1 fully saturated rings. The number of hydrogen-bond donors (Lipinski definition) is 1. The number of aromatic nitrogens is 1. The minimum atomic E-state index is -3.02. The number of hydrogen-bond acceptors (Lipinski definition) is 5. The summed E-state index contributed by atoms with van der Waals surface area (Å²) in [6.45, 7) is 3.22. The number of carbonyl (C=O) groups is 1. The Kier molecular flexibility index (Phi) is 6.52. The van der Waals surface area contributed by atoms with E-state index in [1.54, 1.807) is 17.2 Å². The number of sulfone groups is 1. The normalized spacial score (nSPS) is 21.5. The molecule has 0 bridgehead atoms. The van der Waals surface area contributed by atoms with Gasteiger partial charge in [0.1, 0.15) is 5.82 Å². The third-order valence-electron chi connectivity index (χ3n) is 5.40. The lowest BCUT2D eigenvalue weighted by Crippen LogP contribution is -2.41. The Morgan fingerprint density at radius 1 is 1.33 bits per heavy atom. The van der Waals surface area contributed by atoms with E-state index in [-0.39, 0.29) is 23.5 Å². The second-order valence-electron chi connectivity index (χ2n) is 7.37. The Hall–Kier alpha value is -1.89.